The molecule has 218 valence electrons. The molecule has 0 saturated heterocycles. The van der Waals surface area contributed by atoms with Gasteiger partial charge >= 0.3 is 0 Å². The lowest BCUT2D eigenvalue weighted by Crippen LogP contribution is -1.98. The number of fused-ring (bicyclic) bond motifs is 9. The number of hydrogen-bond donors (Lipinski definition) is 0. The van der Waals surface area contributed by atoms with Gasteiger partial charge in [-0.1, -0.05) is 91.0 Å². The highest BCUT2D eigenvalue weighted by atomic mass is 32.1. The van der Waals surface area contributed by atoms with Crippen LogP contribution in [-0.4, -0.2) is 9.13 Å². The normalized spacial score (nSPS) is 11.8. The van der Waals surface area contributed by atoms with Gasteiger partial charge in [0, 0.05) is 47.4 Å². The number of aromatic nitrogens is 2. The topological polar surface area (TPSA) is 33.6 Å². The number of hydrogen-bond acceptors (Lipinski definition) is 2. The predicted molar refractivity (Wildman–Crippen MR) is 198 cm³/mol. The fourth-order valence-corrected chi connectivity index (χ4v) is 8.58. The van der Waals surface area contributed by atoms with Crippen molar-refractivity contribution in [3.63, 3.8) is 0 Å². The first-order valence-electron chi connectivity index (χ1n) is 15.7. The first-order valence-corrected chi connectivity index (χ1v) is 16.6. The Hall–Kier alpha value is -6.15. The van der Waals surface area contributed by atoms with Crippen molar-refractivity contribution in [3.05, 3.63) is 157 Å². The van der Waals surface area contributed by atoms with Crippen molar-refractivity contribution in [2.24, 2.45) is 0 Å². The molecule has 0 aliphatic carbocycles. The highest BCUT2D eigenvalue weighted by Crippen LogP contribution is 2.41. The van der Waals surface area contributed by atoms with Gasteiger partial charge in [-0.25, -0.2) is 0 Å². The third-order valence-electron chi connectivity index (χ3n) is 9.57. The lowest BCUT2D eigenvalue weighted by molar-refractivity contribution is 1.17. The SMILES string of the molecule is N#Cc1cc(-c2ccc(-n3c4ccccc4c4ccccc43)cc2)ccc1-n1c2ccccc2c2cc3sc4ccccc4c3cc21. The van der Waals surface area contributed by atoms with Gasteiger partial charge in [0.2, 0.25) is 0 Å². The molecule has 3 aromatic heterocycles. The summed E-state index contributed by atoms with van der Waals surface area (Å²) in [5.74, 6) is 0. The maximum atomic E-state index is 10.5. The van der Waals surface area contributed by atoms with Gasteiger partial charge in [-0.05, 0) is 71.8 Å². The standard InChI is InChI=1S/C43H25N3S/c44-26-29-23-28(27-17-20-30(21-18-27)45-38-13-5-1-9-31(38)32-10-2-6-14-39(32)45)19-22-37(29)46-40-15-7-3-11-33(40)35-25-43-36(24-41(35)46)34-12-4-8-16-42(34)47-43/h1-25H. The summed E-state index contributed by atoms with van der Waals surface area (Å²) >= 11 is 1.84. The lowest BCUT2D eigenvalue weighted by Gasteiger charge is -2.13. The minimum absolute atomic E-state index is 0.645. The number of para-hydroxylation sites is 3. The third-order valence-corrected chi connectivity index (χ3v) is 10.7. The molecule has 0 amide bonds. The number of rotatable bonds is 3. The fraction of sp³-hybridized carbons (Fsp3) is 0. The molecule has 0 atom stereocenters. The van der Waals surface area contributed by atoms with Gasteiger partial charge in [0.05, 0.1) is 33.3 Å². The zero-order chi connectivity index (χ0) is 31.1. The van der Waals surface area contributed by atoms with Crippen molar-refractivity contribution in [1.29, 1.82) is 5.26 Å². The van der Waals surface area contributed by atoms with E-state index in [2.05, 4.69) is 161 Å². The number of benzene rings is 7. The molecule has 0 fully saturated rings. The van der Waals surface area contributed by atoms with Crippen molar-refractivity contribution in [2.75, 3.05) is 0 Å². The summed E-state index contributed by atoms with van der Waals surface area (Å²) in [6, 6.07) is 56.4. The van der Waals surface area contributed by atoms with Crippen LogP contribution in [0.2, 0.25) is 0 Å². The summed E-state index contributed by atoms with van der Waals surface area (Å²) in [6.07, 6.45) is 0. The molecule has 0 unspecified atom stereocenters. The third kappa shape index (κ3) is 3.78. The van der Waals surface area contributed by atoms with Gasteiger partial charge in [-0.3, -0.25) is 0 Å². The molecule has 0 N–H and O–H groups in total. The molecule has 3 heterocycles. The molecule has 10 rings (SSSR count). The largest absolute Gasteiger partial charge is 0.309 e. The van der Waals surface area contributed by atoms with Crippen LogP contribution in [0.3, 0.4) is 0 Å². The van der Waals surface area contributed by atoms with E-state index in [-0.39, 0.29) is 0 Å². The van der Waals surface area contributed by atoms with Crippen LogP contribution in [0.4, 0.5) is 0 Å². The van der Waals surface area contributed by atoms with Crippen LogP contribution in [0.15, 0.2) is 152 Å². The fourth-order valence-electron chi connectivity index (χ4n) is 7.45. The second-order valence-corrected chi connectivity index (χ2v) is 13.2. The average molecular weight is 616 g/mol. The van der Waals surface area contributed by atoms with Crippen LogP contribution in [0, 0.1) is 11.3 Å². The average Bonchev–Trinajstić information content (AvgIpc) is 3.78. The van der Waals surface area contributed by atoms with E-state index in [1.807, 2.05) is 17.4 Å². The molecule has 0 radical (unpaired) electrons. The minimum Gasteiger partial charge on any atom is -0.309 e. The van der Waals surface area contributed by atoms with Gasteiger partial charge in [0.1, 0.15) is 6.07 Å². The van der Waals surface area contributed by atoms with Gasteiger partial charge in [0.15, 0.2) is 0 Å². The highest BCUT2D eigenvalue weighted by molar-refractivity contribution is 7.25. The Labute approximate surface area is 274 Å². The van der Waals surface area contributed by atoms with E-state index in [9.17, 15) is 5.26 Å². The summed E-state index contributed by atoms with van der Waals surface area (Å²) < 4.78 is 7.16. The summed E-state index contributed by atoms with van der Waals surface area (Å²) in [4.78, 5) is 0. The van der Waals surface area contributed by atoms with Gasteiger partial charge in [-0.15, -0.1) is 11.3 Å². The molecule has 4 heteroatoms. The molecule has 0 bridgehead atoms. The maximum absolute atomic E-state index is 10.5. The monoisotopic (exact) mass is 615 g/mol. The van der Waals surface area contributed by atoms with E-state index in [4.69, 9.17) is 0 Å². The van der Waals surface area contributed by atoms with E-state index in [1.54, 1.807) is 0 Å². The van der Waals surface area contributed by atoms with Crippen LogP contribution < -0.4 is 0 Å². The quantitative estimate of drug-likeness (QED) is 0.195. The molecule has 0 aliphatic heterocycles. The number of thiophene rings is 1. The molecule has 0 saturated carbocycles. The molecule has 0 spiro atoms. The lowest BCUT2D eigenvalue weighted by atomic mass is 10.0. The van der Waals surface area contributed by atoms with Crippen LogP contribution in [-0.2, 0) is 0 Å². The summed E-state index contributed by atoms with van der Waals surface area (Å²) in [5, 5.41) is 17.9. The van der Waals surface area contributed by atoms with Gasteiger partial charge in [0.25, 0.3) is 0 Å². The molecule has 10 aromatic rings. The molecular weight excluding hydrogens is 591 g/mol. The number of nitrogens with zero attached hydrogens (tertiary/aromatic N) is 3. The van der Waals surface area contributed by atoms with E-state index in [1.165, 1.54) is 52.8 Å². The maximum Gasteiger partial charge on any atom is 0.101 e. The minimum atomic E-state index is 0.645. The molecule has 47 heavy (non-hydrogen) atoms. The predicted octanol–water partition coefficient (Wildman–Crippen LogP) is 11.8. The summed E-state index contributed by atoms with van der Waals surface area (Å²) in [6.45, 7) is 0. The summed E-state index contributed by atoms with van der Waals surface area (Å²) in [5.41, 5.74) is 9.34. The Kier molecular flexibility index (Phi) is 5.51. The zero-order valence-corrected chi connectivity index (χ0v) is 26.0. The van der Waals surface area contributed by atoms with Crippen LogP contribution in [0.5, 0.6) is 0 Å². The van der Waals surface area contributed by atoms with E-state index in [0.29, 0.717) is 5.56 Å². The Morgan fingerprint density at radius 3 is 1.68 bits per heavy atom. The van der Waals surface area contributed by atoms with E-state index >= 15 is 0 Å². The van der Waals surface area contributed by atoms with Crippen molar-refractivity contribution in [1.82, 2.24) is 9.13 Å². The van der Waals surface area contributed by atoms with E-state index < -0.39 is 0 Å². The first-order chi connectivity index (χ1) is 23.3. The second kappa shape index (κ2) is 9.92. The van der Waals surface area contributed by atoms with Crippen molar-refractivity contribution < 1.29 is 0 Å². The smallest absolute Gasteiger partial charge is 0.101 e. The number of nitriles is 1. The Morgan fingerprint density at radius 2 is 1.00 bits per heavy atom. The molecular formula is C43H25N3S. The summed E-state index contributed by atoms with van der Waals surface area (Å²) in [7, 11) is 0. The van der Waals surface area contributed by atoms with Gasteiger partial charge in [-0.2, -0.15) is 5.26 Å². The van der Waals surface area contributed by atoms with Crippen LogP contribution in [0.1, 0.15) is 5.56 Å². The van der Waals surface area contributed by atoms with Gasteiger partial charge < -0.3 is 9.13 Å². The Balaban J connectivity index is 1.12. The Bertz CT molecular complexity index is 2860. The van der Waals surface area contributed by atoms with Crippen molar-refractivity contribution in [2.45, 2.75) is 0 Å². The van der Waals surface area contributed by atoms with Crippen LogP contribution >= 0.6 is 11.3 Å². The first kappa shape index (κ1) is 26.1. The second-order valence-electron chi connectivity index (χ2n) is 12.1. The van der Waals surface area contributed by atoms with E-state index in [0.717, 1.165) is 33.5 Å². The van der Waals surface area contributed by atoms with Crippen molar-refractivity contribution >= 4 is 75.1 Å². The molecule has 7 aromatic carbocycles. The van der Waals surface area contributed by atoms with Crippen molar-refractivity contribution in [3.8, 4) is 28.6 Å². The molecule has 3 nitrogen and oxygen atoms in total. The molecule has 0 aliphatic rings. The van der Waals surface area contributed by atoms with Crippen LogP contribution in [0.25, 0.3) is 86.3 Å². The highest BCUT2D eigenvalue weighted by Gasteiger charge is 2.18. The Morgan fingerprint density at radius 1 is 0.426 bits per heavy atom. The zero-order valence-electron chi connectivity index (χ0n) is 25.2.